The molecule has 3 amide bonds. The maximum absolute atomic E-state index is 12.0. The molecule has 0 aromatic heterocycles. The van der Waals surface area contributed by atoms with E-state index in [2.05, 4.69) is 10.6 Å². The van der Waals surface area contributed by atoms with Crippen molar-refractivity contribution in [3.63, 3.8) is 0 Å². The fourth-order valence-electron chi connectivity index (χ4n) is 2.41. The van der Waals surface area contributed by atoms with Crippen LogP contribution < -0.4 is 10.6 Å². The molecule has 1 aromatic rings. The molecule has 0 spiro atoms. The SMILES string of the molecule is O=C(NCCCl)NCC1CC(=O)N(Cc2ccccc2)C1. The van der Waals surface area contributed by atoms with Gasteiger partial charge in [-0.15, -0.1) is 11.6 Å². The van der Waals surface area contributed by atoms with Gasteiger partial charge in [0, 0.05) is 44.4 Å². The molecule has 21 heavy (non-hydrogen) atoms. The minimum Gasteiger partial charge on any atom is -0.338 e. The van der Waals surface area contributed by atoms with Crippen LogP contribution in [0.15, 0.2) is 30.3 Å². The van der Waals surface area contributed by atoms with Crippen LogP contribution >= 0.6 is 11.6 Å². The van der Waals surface area contributed by atoms with Crippen LogP contribution in [-0.4, -0.2) is 42.4 Å². The Labute approximate surface area is 129 Å². The molecule has 1 aromatic carbocycles. The molecular weight excluding hydrogens is 290 g/mol. The molecule has 0 radical (unpaired) electrons. The molecule has 114 valence electrons. The van der Waals surface area contributed by atoms with Crippen LogP contribution in [0.4, 0.5) is 4.79 Å². The summed E-state index contributed by atoms with van der Waals surface area (Å²) in [6.45, 7) is 2.26. The Morgan fingerprint density at radius 1 is 1.29 bits per heavy atom. The van der Waals surface area contributed by atoms with Crippen LogP contribution in [0, 0.1) is 5.92 Å². The van der Waals surface area contributed by atoms with E-state index in [4.69, 9.17) is 11.6 Å². The van der Waals surface area contributed by atoms with Gasteiger partial charge in [-0.2, -0.15) is 0 Å². The highest BCUT2D eigenvalue weighted by Crippen LogP contribution is 2.19. The Kier molecular flexibility index (Phi) is 5.87. The summed E-state index contributed by atoms with van der Waals surface area (Å²) in [5, 5.41) is 5.41. The van der Waals surface area contributed by atoms with Crippen molar-refractivity contribution in [2.75, 3.05) is 25.5 Å². The van der Waals surface area contributed by atoms with Crippen LogP contribution in [0.3, 0.4) is 0 Å². The second-order valence-corrected chi connectivity index (χ2v) is 5.53. The van der Waals surface area contributed by atoms with Gasteiger partial charge in [-0.1, -0.05) is 30.3 Å². The molecule has 0 saturated carbocycles. The van der Waals surface area contributed by atoms with Crippen LogP contribution in [0.5, 0.6) is 0 Å². The van der Waals surface area contributed by atoms with Gasteiger partial charge >= 0.3 is 6.03 Å². The number of alkyl halides is 1. The molecule has 1 heterocycles. The highest BCUT2D eigenvalue weighted by molar-refractivity contribution is 6.18. The van der Waals surface area contributed by atoms with Crippen molar-refractivity contribution >= 4 is 23.5 Å². The lowest BCUT2D eigenvalue weighted by Crippen LogP contribution is -2.39. The smallest absolute Gasteiger partial charge is 0.314 e. The summed E-state index contributed by atoms with van der Waals surface area (Å²) in [7, 11) is 0. The number of likely N-dealkylation sites (tertiary alicyclic amines) is 1. The third-order valence-corrected chi connectivity index (χ3v) is 3.63. The fraction of sp³-hybridized carbons (Fsp3) is 0.467. The maximum Gasteiger partial charge on any atom is 0.314 e. The van der Waals surface area contributed by atoms with Gasteiger partial charge in [-0.05, 0) is 5.56 Å². The average molecular weight is 310 g/mol. The van der Waals surface area contributed by atoms with Crippen molar-refractivity contribution in [3.8, 4) is 0 Å². The summed E-state index contributed by atoms with van der Waals surface area (Å²) in [5.41, 5.74) is 1.12. The third kappa shape index (κ3) is 4.93. The van der Waals surface area contributed by atoms with Gasteiger partial charge in [0.15, 0.2) is 0 Å². The van der Waals surface area contributed by atoms with Crippen molar-refractivity contribution in [1.29, 1.82) is 0 Å². The summed E-state index contributed by atoms with van der Waals surface area (Å²) in [5.74, 6) is 0.704. The molecule has 1 saturated heterocycles. The second-order valence-electron chi connectivity index (χ2n) is 5.16. The Hall–Kier alpha value is -1.75. The first-order valence-electron chi connectivity index (χ1n) is 7.08. The number of hydrogen-bond donors (Lipinski definition) is 2. The van der Waals surface area contributed by atoms with Crippen molar-refractivity contribution < 1.29 is 9.59 Å². The summed E-state index contributed by atoms with van der Waals surface area (Å²) in [6, 6.07) is 9.69. The van der Waals surface area contributed by atoms with Gasteiger partial charge in [-0.3, -0.25) is 4.79 Å². The Balaban J connectivity index is 1.76. The van der Waals surface area contributed by atoms with E-state index in [0.29, 0.717) is 38.5 Å². The number of halogens is 1. The standard InChI is InChI=1S/C15H20ClN3O2/c16-6-7-17-15(21)18-9-13-8-14(20)19(11-13)10-12-4-2-1-3-5-12/h1-5,13H,6-11H2,(H2,17,18,21). The Morgan fingerprint density at radius 3 is 2.76 bits per heavy atom. The van der Waals surface area contributed by atoms with E-state index in [0.717, 1.165) is 5.56 Å². The van der Waals surface area contributed by atoms with Gasteiger partial charge < -0.3 is 15.5 Å². The van der Waals surface area contributed by atoms with Gasteiger partial charge in [0.2, 0.25) is 5.91 Å². The average Bonchev–Trinajstić information content (AvgIpc) is 2.84. The zero-order valence-corrected chi connectivity index (χ0v) is 12.6. The maximum atomic E-state index is 12.0. The van der Waals surface area contributed by atoms with E-state index in [-0.39, 0.29) is 17.9 Å². The largest absolute Gasteiger partial charge is 0.338 e. The zero-order valence-electron chi connectivity index (χ0n) is 11.8. The lowest BCUT2D eigenvalue weighted by atomic mass is 10.1. The molecule has 1 aliphatic rings. The van der Waals surface area contributed by atoms with Gasteiger partial charge in [0.05, 0.1) is 0 Å². The number of nitrogens with zero attached hydrogens (tertiary/aromatic N) is 1. The van der Waals surface area contributed by atoms with Crippen LogP contribution in [0.2, 0.25) is 0 Å². The Bertz CT molecular complexity index is 481. The molecule has 1 fully saturated rings. The van der Waals surface area contributed by atoms with Gasteiger partial charge in [0.25, 0.3) is 0 Å². The number of urea groups is 1. The van der Waals surface area contributed by atoms with Crippen LogP contribution in [0.1, 0.15) is 12.0 Å². The van der Waals surface area contributed by atoms with Crippen molar-refractivity contribution in [1.82, 2.24) is 15.5 Å². The van der Waals surface area contributed by atoms with Gasteiger partial charge in [0.1, 0.15) is 0 Å². The highest BCUT2D eigenvalue weighted by atomic mass is 35.5. The first-order chi connectivity index (χ1) is 10.2. The van der Waals surface area contributed by atoms with E-state index in [1.165, 1.54) is 0 Å². The first-order valence-corrected chi connectivity index (χ1v) is 7.62. The second kappa shape index (κ2) is 7.88. The highest BCUT2D eigenvalue weighted by Gasteiger charge is 2.29. The summed E-state index contributed by atoms with van der Waals surface area (Å²) < 4.78 is 0. The minimum atomic E-state index is -0.232. The number of carbonyl (C=O) groups is 2. The van der Waals surface area contributed by atoms with Crippen molar-refractivity contribution in [2.45, 2.75) is 13.0 Å². The quantitative estimate of drug-likeness (QED) is 0.784. The van der Waals surface area contributed by atoms with Crippen LogP contribution in [-0.2, 0) is 11.3 Å². The topological polar surface area (TPSA) is 61.4 Å². The van der Waals surface area contributed by atoms with Crippen molar-refractivity contribution in [2.24, 2.45) is 5.92 Å². The number of benzene rings is 1. The molecule has 2 rings (SSSR count). The predicted molar refractivity (Wildman–Crippen MR) is 82.1 cm³/mol. The summed E-state index contributed by atoms with van der Waals surface area (Å²) in [4.78, 5) is 25.3. The van der Waals surface area contributed by atoms with E-state index in [1.54, 1.807) is 0 Å². The lowest BCUT2D eigenvalue weighted by molar-refractivity contribution is -0.128. The van der Waals surface area contributed by atoms with E-state index in [1.807, 2.05) is 35.2 Å². The summed E-state index contributed by atoms with van der Waals surface area (Å²) in [6.07, 6.45) is 0.489. The number of rotatable bonds is 6. The zero-order chi connectivity index (χ0) is 15.1. The summed E-state index contributed by atoms with van der Waals surface area (Å²) >= 11 is 5.49. The molecule has 0 aliphatic carbocycles. The number of nitrogens with one attached hydrogen (secondary N) is 2. The molecule has 6 heteroatoms. The van der Waals surface area contributed by atoms with E-state index in [9.17, 15) is 9.59 Å². The van der Waals surface area contributed by atoms with Crippen LogP contribution in [0.25, 0.3) is 0 Å². The third-order valence-electron chi connectivity index (χ3n) is 3.44. The monoisotopic (exact) mass is 309 g/mol. The molecule has 1 unspecified atom stereocenters. The van der Waals surface area contributed by atoms with E-state index >= 15 is 0 Å². The molecule has 1 atom stereocenters. The minimum absolute atomic E-state index is 0.145. The number of carbonyl (C=O) groups excluding carboxylic acids is 2. The normalized spacial score (nSPS) is 17.9. The Morgan fingerprint density at radius 2 is 2.05 bits per heavy atom. The number of hydrogen-bond acceptors (Lipinski definition) is 2. The molecule has 0 bridgehead atoms. The van der Waals surface area contributed by atoms with Crippen molar-refractivity contribution in [3.05, 3.63) is 35.9 Å². The number of amides is 3. The predicted octanol–water partition coefficient (Wildman–Crippen LogP) is 1.57. The fourth-order valence-corrected chi connectivity index (χ4v) is 2.50. The lowest BCUT2D eigenvalue weighted by Gasteiger charge is -2.17. The van der Waals surface area contributed by atoms with Gasteiger partial charge in [-0.25, -0.2) is 4.79 Å². The molecule has 2 N–H and O–H groups in total. The molecule has 5 nitrogen and oxygen atoms in total. The van der Waals surface area contributed by atoms with E-state index < -0.39 is 0 Å². The first kappa shape index (κ1) is 15.6. The molecular formula is C15H20ClN3O2. The molecule has 1 aliphatic heterocycles.